The topological polar surface area (TPSA) is 40.5 Å². The normalized spacial score (nSPS) is 21.4. The third-order valence-electron chi connectivity index (χ3n) is 3.69. The van der Waals surface area contributed by atoms with E-state index in [4.69, 9.17) is 0 Å². The van der Waals surface area contributed by atoms with Crippen molar-refractivity contribution in [3.63, 3.8) is 0 Å². The fraction of sp³-hybridized carbons (Fsp3) is 0.462. The summed E-state index contributed by atoms with van der Waals surface area (Å²) in [6.07, 6.45) is 5.46. The minimum atomic E-state index is 0.0322. The Hall–Kier alpha value is -1.55. The van der Waals surface area contributed by atoms with E-state index in [0.29, 0.717) is 6.04 Å². The van der Waals surface area contributed by atoms with Crippen LogP contribution in [0.1, 0.15) is 18.5 Å². The Morgan fingerprint density at radius 2 is 2.35 bits per heavy atom. The number of aromatic amines is 1. The summed E-state index contributed by atoms with van der Waals surface area (Å²) in [5.74, 6) is 0. The second-order valence-corrected chi connectivity index (χ2v) is 4.88. The molecule has 1 saturated heterocycles. The quantitative estimate of drug-likeness (QED) is 0.845. The maximum absolute atomic E-state index is 11.6. The first-order valence-electron chi connectivity index (χ1n) is 6.13. The number of likely N-dealkylation sites (N-methyl/N-ethyl adjacent to an activating group) is 1. The molecule has 1 atom stereocenters. The van der Waals surface area contributed by atoms with E-state index in [2.05, 4.69) is 16.9 Å². The average molecular weight is 231 g/mol. The second kappa shape index (κ2) is 4.04. The highest BCUT2D eigenvalue weighted by Crippen LogP contribution is 2.18. The molecule has 0 bridgehead atoms. The molecule has 0 amide bonds. The molecule has 4 nitrogen and oxygen atoms in total. The van der Waals surface area contributed by atoms with Crippen LogP contribution in [0.4, 0.5) is 0 Å². The number of nitrogens with one attached hydrogen (secondary N) is 1. The van der Waals surface area contributed by atoms with Gasteiger partial charge < -0.3 is 9.88 Å². The molecular weight excluding hydrogens is 214 g/mol. The van der Waals surface area contributed by atoms with Gasteiger partial charge in [0, 0.05) is 30.4 Å². The van der Waals surface area contributed by atoms with Gasteiger partial charge in [-0.1, -0.05) is 6.07 Å². The Balaban J connectivity index is 1.91. The number of imidazole rings is 1. The minimum absolute atomic E-state index is 0.0322. The summed E-state index contributed by atoms with van der Waals surface area (Å²) in [7, 11) is 2.17. The van der Waals surface area contributed by atoms with E-state index < -0.39 is 0 Å². The van der Waals surface area contributed by atoms with Crippen molar-refractivity contribution < 1.29 is 0 Å². The number of H-pyrrole nitrogens is 1. The molecule has 3 rings (SSSR count). The summed E-state index contributed by atoms with van der Waals surface area (Å²) in [6, 6.07) is 5.92. The number of nitrogens with zero attached hydrogens (tertiary/aromatic N) is 2. The van der Waals surface area contributed by atoms with Gasteiger partial charge in [0.15, 0.2) is 0 Å². The molecule has 2 aromatic rings. The first kappa shape index (κ1) is 10.6. The zero-order chi connectivity index (χ0) is 11.8. The number of hydrogen-bond donors (Lipinski definition) is 1. The van der Waals surface area contributed by atoms with Gasteiger partial charge in [0.05, 0.1) is 0 Å². The van der Waals surface area contributed by atoms with E-state index in [1.54, 1.807) is 16.5 Å². The van der Waals surface area contributed by atoms with Crippen molar-refractivity contribution in [1.29, 1.82) is 0 Å². The molecule has 90 valence electrons. The van der Waals surface area contributed by atoms with Crippen molar-refractivity contribution in [2.45, 2.75) is 25.3 Å². The molecule has 0 aromatic carbocycles. The van der Waals surface area contributed by atoms with Gasteiger partial charge in [0.1, 0.15) is 5.65 Å². The van der Waals surface area contributed by atoms with Crippen LogP contribution in [0, 0.1) is 0 Å². The Kier molecular flexibility index (Phi) is 2.52. The lowest BCUT2D eigenvalue weighted by molar-refractivity contribution is 0.308. The molecule has 1 N–H and O–H groups in total. The average Bonchev–Trinajstić information content (AvgIpc) is 2.87. The first-order valence-corrected chi connectivity index (χ1v) is 6.13. The lowest BCUT2D eigenvalue weighted by Crippen LogP contribution is -2.26. The van der Waals surface area contributed by atoms with Crippen LogP contribution in [-0.2, 0) is 6.42 Å². The first-order chi connectivity index (χ1) is 8.24. The molecule has 0 saturated carbocycles. The molecule has 1 unspecified atom stereocenters. The predicted octanol–water partition coefficient (Wildman–Crippen LogP) is 1.26. The van der Waals surface area contributed by atoms with E-state index >= 15 is 0 Å². The summed E-state index contributed by atoms with van der Waals surface area (Å²) >= 11 is 0. The summed E-state index contributed by atoms with van der Waals surface area (Å²) < 4.78 is 1.68. The van der Waals surface area contributed by atoms with Gasteiger partial charge in [0.2, 0.25) is 0 Å². The summed E-state index contributed by atoms with van der Waals surface area (Å²) in [5, 5.41) is 0. The van der Waals surface area contributed by atoms with Crippen molar-refractivity contribution in [3.8, 4) is 0 Å². The van der Waals surface area contributed by atoms with E-state index in [1.165, 1.54) is 19.4 Å². The van der Waals surface area contributed by atoms with Crippen molar-refractivity contribution in [3.05, 3.63) is 40.4 Å². The van der Waals surface area contributed by atoms with Crippen LogP contribution in [0.2, 0.25) is 0 Å². The van der Waals surface area contributed by atoms with Crippen LogP contribution in [0.3, 0.4) is 0 Å². The second-order valence-electron chi connectivity index (χ2n) is 4.88. The smallest absolute Gasteiger partial charge is 0.256 e. The highest BCUT2D eigenvalue weighted by atomic mass is 16.1. The third-order valence-corrected chi connectivity index (χ3v) is 3.69. The highest BCUT2D eigenvalue weighted by molar-refractivity contribution is 5.39. The van der Waals surface area contributed by atoms with Gasteiger partial charge in [-0.15, -0.1) is 0 Å². The highest BCUT2D eigenvalue weighted by Gasteiger charge is 2.21. The molecule has 1 fully saturated rings. The van der Waals surface area contributed by atoms with Crippen molar-refractivity contribution in [2.24, 2.45) is 0 Å². The van der Waals surface area contributed by atoms with Gasteiger partial charge >= 0.3 is 0 Å². The van der Waals surface area contributed by atoms with Crippen LogP contribution < -0.4 is 5.56 Å². The SMILES string of the molecule is CN1CCCC1Cc1cn2c(=O)cccc2[nH]1. The van der Waals surface area contributed by atoms with Gasteiger partial charge in [-0.05, 0) is 32.5 Å². The molecule has 2 aromatic heterocycles. The summed E-state index contributed by atoms with van der Waals surface area (Å²) in [5.41, 5.74) is 2.06. The van der Waals surface area contributed by atoms with Crippen LogP contribution in [0.5, 0.6) is 0 Å². The van der Waals surface area contributed by atoms with E-state index in [-0.39, 0.29) is 5.56 Å². The van der Waals surface area contributed by atoms with Crippen LogP contribution in [0.15, 0.2) is 29.2 Å². The molecule has 4 heteroatoms. The zero-order valence-corrected chi connectivity index (χ0v) is 10.0. The van der Waals surface area contributed by atoms with Gasteiger partial charge in [0.25, 0.3) is 5.56 Å². The Labute approximate surface area is 99.9 Å². The molecule has 0 aliphatic carbocycles. The maximum Gasteiger partial charge on any atom is 0.256 e. The Bertz CT molecular complexity index is 584. The number of pyridine rings is 1. The van der Waals surface area contributed by atoms with Crippen molar-refractivity contribution in [1.82, 2.24) is 14.3 Å². The fourth-order valence-corrected chi connectivity index (χ4v) is 2.68. The third kappa shape index (κ3) is 1.89. The summed E-state index contributed by atoms with van der Waals surface area (Å²) in [4.78, 5) is 17.3. The molecule has 0 radical (unpaired) electrons. The van der Waals surface area contributed by atoms with Gasteiger partial charge in [-0.3, -0.25) is 9.20 Å². The molecule has 1 aliphatic heterocycles. The van der Waals surface area contributed by atoms with E-state index in [9.17, 15) is 4.79 Å². The van der Waals surface area contributed by atoms with Crippen molar-refractivity contribution >= 4 is 5.65 Å². The molecule has 1 aliphatic rings. The van der Waals surface area contributed by atoms with Crippen LogP contribution >= 0.6 is 0 Å². The minimum Gasteiger partial charge on any atom is -0.343 e. The lowest BCUT2D eigenvalue weighted by atomic mass is 10.1. The standard InChI is InChI=1S/C13H17N3O/c1-15-7-3-4-11(15)8-10-9-16-12(14-10)5-2-6-13(16)17/h2,5-6,9,11,14H,3-4,7-8H2,1H3. The monoisotopic (exact) mass is 231 g/mol. The predicted molar refractivity (Wildman–Crippen MR) is 67.4 cm³/mol. The molecule has 3 heterocycles. The van der Waals surface area contributed by atoms with Gasteiger partial charge in [-0.2, -0.15) is 0 Å². The van der Waals surface area contributed by atoms with E-state index in [1.807, 2.05) is 12.3 Å². The number of rotatable bonds is 2. The van der Waals surface area contributed by atoms with Crippen LogP contribution in [0.25, 0.3) is 5.65 Å². The summed E-state index contributed by atoms with van der Waals surface area (Å²) in [6.45, 7) is 1.19. The maximum atomic E-state index is 11.6. The molecule has 0 spiro atoms. The van der Waals surface area contributed by atoms with Crippen LogP contribution in [-0.4, -0.2) is 33.9 Å². The molecular formula is C13H17N3O. The zero-order valence-electron chi connectivity index (χ0n) is 10.0. The Morgan fingerprint density at radius 1 is 1.47 bits per heavy atom. The number of hydrogen-bond acceptors (Lipinski definition) is 2. The van der Waals surface area contributed by atoms with E-state index in [0.717, 1.165) is 17.8 Å². The Morgan fingerprint density at radius 3 is 3.06 bits per heavy atom. The fourth-order valence-electron chi connectivity index (χ4n) is 2.68. The number of likely N-dealkylation sites (tertiary alicyclic amines) is 1. The largest absolute Gasteiger partial charge is 0.343 e. The number of fused-ring (bicyclic) bond motifs is 1. The van der Waals surface area contributed by atoms with Crippen molar-refractivity contribution in [2.75, 3.05) is 13.6 Å². The van der Waals surface area contributed by atoms with Gasteiger partial charge in [-0.25, -0.2) is 0 Å². The molecule has 17 heavy (non-hydrogen) atoms. The number of aromatic nitrogens is 2. The lowest BCUT2D eigenvalue weighted by Gasteiger charge is -2.17.